The van der Waals surface area contributed by atoms with Crippen molar-refractivity contribution in [2.45, 2.75) is 72.5 Å². The molecule has 0 saturated heterocycles. The molecule has 0 bridgehead atoms. The summed E-state index contributed by atoms with van der Waals surface area (Å²) in [5, 5.41) is 2.75. The fourth-order valence-corrected chi connectivity index (χ4v) is 5.50. The summed E-state index contributed by atoms with van der Waals surface area (Å²) < 4.78 is 27.6. The van der Waals surface area contributed by atoms with Crippen molar-refractivity contribution in [1.82, 2.24) is 5.32 Å². The minimum absolute atomic E-state index is 0.0868. The number of carbonyl (C=O) groups excluding carboxylic acids is 4. The smallest absolute Gasteiger partial charge is 0.458 e. The molecule has 10 nitrogen and oxygen atoms in total. The van der Waals surface area contributed by atoms with Crippen LogP contribution in [-0.4, -0.2) is 71.5 Å². The molecule has 0 aromatic rings. The average molecular weight is 516 g/mol. The molecule has 1 amide bonds. The number of ether oxygens (including phenoxy) is 2. The summed E-state index contributed by atoms with van der Waals surface area (Å²) in [5.74, 6) is -1.97. The molecule has 0 aliphatic heterocycles. The lowest BCUT2D eigenvalue weighted by atomic mass is 10.1. The van der Waals surface area contributed by atoms with Gasteiger partial charge in [-0.15, -0.1) is 0 Å². The van der Waals surface area contributed by atoms with Crippen molar-refractivity contribution in [3.05, 3.63) is 24.3 Å². The van der Waals surface area contributed by atoms with Crippen molar-refractivity contribution >= 4 is 32.4 Å². The summed E-state index contributed by atoms with van der Waals surface area (Å²) in [6, 6.07) is 0.562. The van der Waals surface area contributed by atoms with E-state index in [4.69, 9.17) is 22.8 Å². The van der Waals surface area contributed by atoms with Crippen molar-refractivity contribution < 1.29 is 41.9 Å². The third kappa shape index (κ3) is 14.6. The second-order valence-corrected chi connectivity index (χ2v) is 10.6. The molecular formula is C24H41NO9Si. The zero-order chi connectivity index (χ0) is 26.9. The first-order valence-electron chi connectivity index (χ1n) is 11.9. The van der Waals surface area contributed by atoms with Gasteiger partial charge < -0.3 is 28.1 Å². The van der Waals surface area contributed by atoms with Gasteiger partial charge >= 0.3 is 20.7 Å². The van der Waals surface area contributed by atoms with Gasteiger partial charge in [0.25, 0.3) is 0 Å². The minimum Gasteiger partial charge on any atom is -0.458 e. The van der Waals surface area contributed by atoms with Crippen molar-refractivity contribution in [1.29, 1.82) is 0 Å². The molecule has 1 unspecified atom stereocenters. The Morgan fingerprint density at radius 2 is 1.46 bits per heavy atom. The molecule has 0 spiro atoms. The molecule has 0 aromatic carbocycles. The SMILES string of the molecule is C=C(C)C(=O)CC(COC(=O)C(=C)C)OC(=O)CCC(=O)NCCC[Si](OCC)(OCC)OCC. The molecule has 0 aliphatic carbocycles. The molecule has 200 valence electrons. The Hall–Kier alpha value is -2.34. The van der Waals surface area contributed by atoms with E-state index in [1.807, 2.05) is 20.8 Å². The Bertz CT molecular complexity index is 721. The Balaban J connectivity index is 4.60. The summed E-state index contributed by atoms with van der Waals surface area (Å²) in [4.78, 5) is 48.0. The highest BCUT2D eigenvalue weighted by Crippen LogP contribution is 2.18. The van der Waals surface area contributed by atoms with E-state index in [0.29, 0.717) is 44.4 Å². The maximum atomic E-state index is 12.2. The molecule has 0 fully saturated rings. The van der Waals surface area contributed by atoms with E-state index >= 15 is 0 Å². The normalized spacial score (nSPS) is 11.9. The predicted octanol–water partition coefficient (Wildman–Crippen LogP) is 2.89. The number of hydrogen-bond acceptors (Lipinski definition) is 9. The first kappa shape index (κ1) is 32.7. The molecule has 0 radical (unpaired) electrons. The number of carbonyl (C=O) groups is 4. The van der Waals surface area contributed by atoms with Gasteiger partial charge in [0.1, 0.15) is 12.7 Å². The van der Waals surface area contributed by atoms with Crippen molar-refractivity contribution in [2.24, 2.45) is 0 Å². The van der Waals surface area contributed by atoms with Crippen LogP contribution in [0, 0.1) is 0 Å². The molecule has 1 N–H and O–H groups in total. The maximum Gasteiger partial charge on any atom is 0.500 e. The van der Waals surface area contributed by atoms with E-state index in [1.54, 1.807) is 0 Å². The van der Waals surface area contributed by atoms with Crippen molar-refractivity contribution in [3.63, 3.8) is 0 Å². The Kier molecular flexibility index (Phi) is 16.8. The average Bonchev–Trinajstić information content (AvgIpc) is 2.79. The Labute approximate surface area is 209 Å². The van der Waals surface area contributed by atoms with Gasteiger partial charge in [0.15, 0.2) is 5.78 Å². The summed E-state index contributed by atoms with van der Waals surface area (Å²) in [6.45, 7) is 17.2. The molecule has 0 heterocycles. The van der Waals surface area contributed by atoms with E-state index in [9.17, 15) is 19.2 Å². The number of hydrogen-bond donors (Lipinski definition) is 1. The highest BCUT2D eigenvalue weighted by Gasteiger charge is 2.39. The van der Waals surface area contributed by atoms with Gasteiger partial charge in [-0.05, 0) is 46.6 Å². The number of esters is 2. The lowest BCUT2D eigenvalue weighted by molar-refractivity contribution is -0.158. The number of ketones is 1. The first-order chi connectivity index (χ1) is 16.5. The van der Waals surface area contributed by atoms with E-state index < -0.39 is 26.8 Å². The highest BCUT2D eigenvalue weighted by atomic mass is 28.4. The van der Waals surface area contributed by atoms with Crippen molar-refractivity contribution in [3.8, 4) is 0 Å². The monoisotopic (exact) mass is 515 g/mol. The van der Waals surface area contributed by atoms with Crippen LogP contribution in [0.15, 0.2) is 24.3 Å². The number of allylic oxidation sites excluding steroid dienone is 1. The lowest BCUT2D eigenvalue weighted by Gasteiger charge is -2.28. The van der Waals surface area contributed by atoms with Crippen LogP contribution in [0.1, 0.15) is 60.3 Å². The third-order valence-electron chi connectivity index (χ3n) is 4.57. The van der Waals surface area contributed by atoms with Crippen LogP contribution >= 0.6 is 0 Å². The fraction of sp³-hybridized carbons (Fsp3) is 0.667. The van der Waals surface area contributed by atoms with Crippen LogP contribution in [0.25, 0.3) is 0 Å². The molecule has 0 rings (SSSR count). The van der Waals surface area contributed by atoms with Crippen molar-refractivity contribution in [2.75, 3.05) is 33.0 Å². The quantitative estimate of drug-likeness (QED) is 0.113. The van der Waals surface area contributed by atoms with Gasteiger partial charge in [0.05, 0.1) is 12.8 Å². The molecule has 35 heavy (non-hydrogen) atoms. The molecule has 0 aromatic heterocycles. The molecular weight excluding hydrogens is 474 g/mol. The Morgan fingerprint density at radius 3 is 1.94 bits per heavy atom. The summed E-state index contributed by atoms with van der Waals surface area (Å²) in [7, 11) is -2.77. The first-order valence-corrected chi connectivity index (χ1v) is 13.8. The molecule has 0 aliphatic rings. The van der Waals surface area contributed by atoms with E-state index in [0.717, 1.165) is 0 Å². The zero-order valence-corrected chi connectivity index (χ0v) is 22.7. The van der Waals surface area contributed by atoms with Crippen LogP contribution in [-0.2, 0) is 41.9 Å². The van der Waals surface area contributed by atoms with Crippen LogP contribution in [0.4, 0.5) is 0 Å². The van der Waals surface area contributed by atoms with E-state index in [1.165, 1.54) is 13.8 Å². The second-order valence-electron chi connectivity index (χ2n) is 7.83. The topological polar surface area (TPSA) is 126 Å². The van der Waals surface area contributed by atoms with Crippen LogP contribution in [0.2, 0.25) is 6.04 Å². The minimum atomic E-state index is -2.77. The summed E-state index contributed by atoms with van der Waals surface area (Å²) >= 11 is 0. The van der Waals surface area contributed by atoms with Gasteiger partial charge in [0.2, 0.25) is 5.91 Å². The molecule has 1 atom stereocenters. The van der Waals surface area contributed by atoms with Crippen LogP contribution < -0.4 is 5.32 Å². The largest absolute Gasteiger partial charge is 0.500 e. The second kappa shape index (κ2) is 18.0. The van der Waals surface area contributed by atoms with Gasteiger partial charge in [-0.3, -0.25) is 14.4 Å². The van der Waals surface area contributed by atoms with Gasteiger partial charge in [-0.1, -0.05) is 13.2 Å². The van der Waals surface area contributed by atoms with Gasteiger partial charge in [-0.2, -0.15) is 0 Å². The Morgan fingerprint density at radius 1 is 0.886 bits per heavy atom. The summed E-state index contributed by atoms with van der Waals surface area (Å²) in [6.07, 6.45) is -0.833. The standard InChI is InChI=1S/C24H41NO9Si/c1-8-31-35(32-9-2,33-10-3)15-11-14-25-22(27)12-13-23(28)34-20(16-21(26)18(4)5)17-30-24(29)19(6)7/h20H,4,6,8-17H2,1-3,5,7H3,(H,25,27). The molecule has 0 saturated carbocycles. The van der Waals surface area contributed by atoms with E-state index in [-0.39, 0.29) is 43.1 Å². The van der Waals surface area contributed by atoms with Gasteiger partial charge in [0, 0.05) is 44.4 Å². The number of Topliss-reactive ketones (excluding diaryl/α,β-unsaturated/α-hetero) is 1. The highest BCUT2D eigenvalue weighted by molar-refractivity contribution is 6.60. The zero-order valence-electron chi connectivity index (χ0n) is 21.7. The number of amides is 1. The van der Waals surface area contributed by atoms with Crippen LogP contribution in [0.3, 0.4) is 0 Å². The fourth-order valence-electron chi connectivity index (χ4n) is 2.89. The number of nitrogens with one attached hydrogen (secondary N) is 1. The third-order valence-corrected chi connectivity index (χ3v) is 7.72. The molecule has 11 heteroatoms. The lowest BCUT2D eigenvalue weighted by Crippen LogP contribution is -2.46. The number of rotatable bonds is 20. The van der Waals surface area contributed by atoms with Gasteiger partial charge in [-0.25, -0.2) is 4.79 Å². The summed E-state index contributed by atoms with van der Waals surface area (Å²) in [5.41, 5.74) is 0.475. The maximum absolute atomic E-state index is 12.2. The van der Waals surface area contributed by atoms with Crippen LogP contribution in [0.5, 0.6) is 0 Å². The predicted molar refractivity (Wildman–Crippen MR) is 132 cm³/mol. The van der Waals surface area contributed by atoms with E-state index in [2.05, 4.69) is 18.5 Å².